The molecule has 0 aliphatic rings. The van der Waals surface area contributed by atoms with Crippen LogP contribution in [0.5, 0.6) is 5.75 Å². The predicted molar refractivity (Wildman–Crippen MR) is 116 cm³/mol. The van der Waals surface area contributed by atoms with Gasteiger partial charge in [-0.05, 0) is 18.6 Å². The Kier molecular flexibility index (Phi) is 13.4. The zero-order valence-electron chi connectivity index (χ0n) is 17.8. The highest BCUT2D eigenvalue weighted by molar-refractivity contribution is 6.01. The van der Waals surface area contributed by atoms with Crippen LogP contribution in [-0.4, -0.2) is 28.9 Å². The fourth-order valence-electron chi connectivity index (χ4n) is 3.30. The summed E-state index contributed by atoms with van der Waals surface area (Å²) in [6.45, 7) is 2.54. The van der Waals surface area contributed by atoms with Gasteiger partial charge in [0.25, 0.3) is 0 Å². The second kappa shape index (κ2) is 15.7. The molecule has 0 fully saturated rings. The molecule has 6 heteroatoms. The molecule has 0 aromatic heterocycles. The Bertz CT molecular complexity index is 603. The quantitative estimate of drug-likeness (QED) is 0.264. The van der Waals surface area contributed by atoms with Gasteiger partial charge >= 0.3 is 12.1 Å². The lowest BCUT2D eigenvalue weighted by Gasteiger charge is -2.10. The maximum Gasteiger partial charge on any atom is 0.411 e. The Labute approximate surface area is 174 Å². The lowest BCUT2D eigenvalue weighted by Crippen LogP contribution is -2.16. The molecule has 164 valence electrons. The molecule has 1 rings (SSSR count). The van der Waals surface area contributed by atoms with Crippen molar-refractivity contribution >= 4 is 17.7 Å². The standard InChI is InChI=1S/C23H37NO5/c1-2-3-4-5-6-7-8-9-10-11-12-13-14-18-29-23(28)24-19-16-15-17-20(25)21(19)22(26)27/h15-17,25H,2-14,18H2,1H3,(H,24,28)(H,26,27). The first-order valence-corrected chi connectivity index (χ1v) is 11.0. The van der Waals surface area contributed by atoms with E-state index in [0.717, 1.165) is 19.3 Å². The molecule has 0 saturated carbocycles. The van der Waals surface area contributed by atoms with Gasteiger partial charge in [0.05, 0.1) is 12.3 Å². The van der Waals surface area contributed by atoms with Crippen LogP contribution in [0.1, 0.15) is 101 Å². The Balaban J connectivity index is 2.01. The largest absolute Gasteiger partial charge is 0.507 e. The highest BCUT2D eigenvalue weighted by Gasteiger charge is 2.17. The van der Waals surface area contributed by atoms with E-state index < -0.39 is 17.8 Å². The van der Waals surface area contributed by atoms with E-state index in [0.29, 0.717) is 6.61 Å². The second-order valence-electron chi connectivity index (χ2n) is 7.51. The van der Waals surface area contributed by atoms with Crippen molar-refractivity contribution in [1.82, 2.24) is 0 Å². The van der Waals surface area contributed by atoms with Crippen molar-refractivity contribution < 1.29 is 24.5 Å². The van der Waals surface area contributed by atoms with Gasteiger partial charge in [-0.1, -0.05) is 90.0 Å². The molecule has 3 N–H and O–H groups in total. The average Bonchev–Trinajstić information content (AvgIpc) is 2.68. The first-order valence-electron chi connectivity index (χ1n) is 11.0. The number of hydrogen-bond donors (Lipinski definition) is 3. The van der Waals surface area contributed by atoms with Crippen molar-refractivity contribution in [3.8, 4) is 5.75 Å². The van der Waals surface area contributed by atoms with Crippen LogP contribution in [0.3, 0.4) is 0 Å². The number of anilines is 1. The van der Waals surface area contributed by atoms with Gasteiger partial charge in [0.15, 0.2) is 0 Å². The molecule has 0 saturated heterocycles. The number of carboxylic acids is 1. The number of ether oxygens (including phenoxy) is 1. The minimum Gasteiger partial charge on any atom is -0.507 e. The lowest BCUT2D eigenvalue weighted by molar-refractivity contribution is 0.0695. The number of benzene rings is 1. The number of carbonyl (C=O) groups excluding carboxylic acids is 1. The third kappa shape index (κ3) is 11.4. The Morgan fingerprint density at radius 1 is 0.862 bits per heavy atom. The van der Waals surface area contributed by atoms with Crippen LogP contribution in [0, 0.1) is 0 Å². The first kappa shape index (κ1) is 24.8. The van der Waals surface area contributed by atoms with Crippen LogP contribution in [0.2, 0.25) is 0 Å². The van der Waals surface area contributed by atoms with Gasteiger partial charge in [-0.25, -0.2) is 9.59 Å². The first-order chi connectivity index (χ1) is 14.1. The number of unbranched alkanes of at least 4 members (excludes halogenated alkanes) is 12. The molecule has 0 aliphatic carbocycles. The molecule has 0 heterocycles. The number of rotatable bonds is 16. The lowest BCUT2D eigenvalue weighted by atomic mass is 10.0. The van der Waals surface area contributed by atoms with E-state index in [9.17, 15) is 14.7 Å². The van der Waals surface area contributed by atoms with E-state index in [1.54, 1.807) is 0 Å². The third-order valence-corrected chi connectivity index (χ3v) is 4.97. The van der Waals surface area contributed by atoms with Crippen LogP contribution < -0.4 is 5.32 Å². The van der Waals surface area contributed by atoms with Crippen LogP contribution in [0.25, 0.3) is 0 Å². The Morgan fingerprint density at radius 3 is 1.90 bits per heavy atom. The molecule has 1 aromatic carbocycles. The molecule has 0 unspecified atom stereocenters. The monoisotopic (exact) mass is 407 g/mol. The normalized spacial score (nSPS) is 10.7. The molecule has 1 aromatic rings. The van der Waals surface area contributed by atoms with E-state index in [4.69, 9.17) is 9.84 Å². The summed E-state index contributed by atoms with van der Waals surface area (Å²) in [6, 6.07) is 4.13. The zero-order valence-corrected chi connectivity index (χ0v) is 17.8. The summed E-state index contributed by atoms with van der Waals surface area (Å²) < 4.78 is 5.10. The second-order valence-corrected chi connectivity index (χ2v) is 7.51. The summed E-state index contributed by atoms with van der Waals surface area (Å²) in [5.74, 6) is -1.71. The van der Waals surface area contributed by atoms with Crippen LogP contribution >= 0.6 is 0 Å². The van der Waals surface area contributed by atoms with Crippen molar-refractivity contribution in [1.29, 1.82) is 0 Å². The van der Waals surface area contributed by atoms with Gasteiger partial charge in [0.2, 0.25) is 0 Å². The SMILES string of the molecule is CCCCCCCCCCCCCCCOC(=O)Nc1cccc(O)c1C(=O)O. The highest BCUT2D eigenvalue weighted by atomic mass is 16.5. The van der Waals surface area contributed by atoms with Gasteiger partial charge < -0.3 is 14.9 Å². The van der Waals surface area contributed by atoms with Crippen LogP contribution in [0.4, 0.5) is 10.5 Å². The van der Waals surface area contributed by atoms with E-state index in [2.05, 4.69) is 12.2 Å². The van der Waals surface area contributed by atoms with Gasteiger partial charge in [-0.3, -0.25) is 5.32 Å². The number of carbonyl (C=O) groups is 2. The van der Waals surface area contributed by atoms with Crippen LogP contribution in [-0.2, 0) is 4.74 Å². The van der Waals surface area contributed by atoms with Gasteiger partial charge in [0.1, 0.15) is 11.3 Å². The molecular weight excluding hydrogens is 370 g/mol. The minimum absolute atomic E-state index is 0.0212. The minimum atomic E-state index is -1.31. The fraction of sp³-hybridized carbons (Fsp3) is 0.652. The number of amides is 1. The summed E-state index contributed by atoms with van der Waals surface area (Å²) in [6.07, 6.45) is 15.5. The molecule has 0 radical (unpaired) electrons. The topological polar surface area (TPSA) is 95.9 Å². The number of carboxylic acid groups (broad SMARTS) is 1. The summed E-state index contributed by atoms with van der Waals surface area (Å²) >= 11 is 0. The zero-order chi connectivity index (χ0) is 21.3. The molecule has 0 aliphatic heterocycles. The highest BCUT2D eigenvalue weighted by Crippen LogP contribution is 2.25. The van der Waals surface area contributed by atoms with E-state index in [1.807, 2.05) is 0 Å². The van der Waals surface area contributed by atoms with E-state index in [-0.39, 0.29) is 11.3 Å². The summed E-state index contributed by atoms with van der Waals surface area (Å²) in [5.41, 5.74) is -0.321. The molecule has 0 bridgehead atoms. The Hall–Kier alpha value is -2.24. The number of phenols is 1. The smallest absolute Gasteiger partial charge is 0.411 e. The third-order valence-electron chi connectivity index (χ3n) is 4.97. The number of nitrogens with one attached hydrogen (secondary N) is 1. The number of aromatic carboxylic acids is 1. The summed E-state index contributed by atoms with van der Waals surface area (Å²) in [4.78, 5) is 23.0. The molecule has 6 nitrogen and oxygen atoms in total. The van der Waals surface area contributed by atoms with E-state index in [1.165, 1.54) is 82.4 Å². The van der Waals surface area contributed by atoms with Crippen molar-refractivity contribution in [2.24, 2.45) is 0 Å². The molecular formula is C23H37NO5. The van der Waals surface area contributed by atoms with Crippen molar-refractivity contribution in [2.45, 2.75) is 90.4 Å². The number of hydrogen-bond acceptors (Lipinski definition) is 4. The van der Waals surface area contributed by atoms with Crippen molar-refractivity contribution in [3.05, 3.63) is 23.8 Å². The van der Waals surface area contributed by atoms with Gasteiger partial charge in [-0.2, -0.15) is 0 Å². The van der Waals surface area contributed by atoms with Crippen LogP contribution in [0.15, 0.2) is 18.2 Å². The van der Waals surface area contributed by atoms with Gasteiger partial charge in [-0.15, -0.1) is 0 Å². The fourth-order valence-corrected chi connectivity index (χ4v) is 3.30. The predicted octanol–water partition coefficient (Wildman–Crippen LogP) is 6.73. The molecule has 1 amide bonds. The van der Waals surface area contributed by atoms with Gasteiger partial charge in [0, 0.05) is 0 Å². The maximum absolute atomic E-state index is 11.8. The molecule has 29 heavy (non-hydrogen) atoms. The summed E-state index contributed by atoms with van der Waals surface area (Å²) in [5, 5.41) is 21.1. The summed E-state index contributed by atoms with van der Waals surface area (Å²) in [7, 11) is 0. The van der Waals surface area contributed by atoms with Crippen molar-refractivity contribution in [3.63, 3.8) is 0 Å². The number of aromatic hydroxyl groups is 1. The van der Waals surface area contributed by atoms with Crippen molar-refractivity contribution in [2.75, 3.05) is 11.9 Å². The van der Waals surface area contributed by atoms with E-state index >= 15 is 0 Å². The maximum atomic E-state index is 11.8. The average molecular weight is 408 g/mol. The molecule has 0 spiro atoms. The molecule has 0 atom stereocenters. The Morgan fingerprint density at radius 2 is 1.38 bits per heavy atom.